The Morgan fingerprint density at radius 2 is 1.75 bits per heavy atom. The average molecular weight is 390 g/mol. The molecular weight excluding hydrogens is 372 g/mol. The summed E-state index contributed by atoms with van der Waals surface area (Å²) in [6, 6.07) is 19.6. The van der Waals surface area contributed by atoms with Crippen LogP contribution in [0.3, 0.4) is 0 Å². The number of nitrogens with one attached hydrogen (secondary N) is 1. The van der Waals surface area contributed by atoms with E-state index in [0.717, 1.165) is 16.1 Å². The van der Waals surface area contributed by atoms with E-state index in [4.69, 9.17) is 4.42 Å². The van der Waals surface area contributed by atoms with E-state index in [1.807, 2.05) is 67.6 Å². The molecule has 2 aromatic carbocycles. The Morgan fingerprint density at radius 1 is 1.04 bits per heavy atom. The molecule has 0 aliphatic heterocycles. The van der Waals surface area contributed by atoms with Crippen molar-refractivity contribution in [2.45, 2.75) is 19.8 Å². The lowest BCUT2D eigenvalue weighted by Gasteiger charge is -1.99. The molecule has 2 heterocycles. The number of aromatic nitrogens is 3. The molecule has 0 unspecified atom stereocenters. The molecule has 7 heteroatoms. The van der Waals surface area contributed by atoms with Crippen LogP contribution in [0.2, 0.25) is 0 Å². The largest absolute Gasteiger partial charge is 0.441 e. The number of carbonyl (C=O) groups excluding carboxylic acids is 1. The van der Waals surface area contributed by atoms with E-state index >= 15 is 0 Å². The van der Waals surface area contributed by atoms with Crippen LogP contribution >= 0.6 is 11.3 Å². The number of carbonyl (C=O) groups is 1. The first kappa shape index (κ1) is 18.1. The molecule has 1 amide bonds. The second kappa shape index (κ2) is 8.14. The van der Waals surface area contributed by atoms with Gasteiger partial charge in [-0.15, -0.1) is 10.2 Å². The Labute approximate surface area is 166 Å². The Balaban J connectivity index is 1.39. The summed E-state index contributed by atoms with van der Waals surface area (Å²) in [5.41, 5.74) is 2.65. The minimum atomic E-state index is -0.196. The summed E-state index contributed by atoms with van der Waals surface area (Å²) in [4.78, 5) is 16.9. The molecule has 0 aliphatic carbocycles. The summed E-state index contributed by atoms with van der Waals surface area (Å²) in [5.74, 6) is 0.955. The van der Waals surface area contributed by atoms with Crippen LogP contribution < -0.4 is 5.32 Å². The van der Waals surface area contributed by atoms with E-state index in [1.165, 1.54) is 11.3 Å². The first-order chi connectivity index (χ1) is 13.7. The third kappa shape index (κ3) is 4.32. The van der Waals surface area contributed by atoms with Gasteiger partial charge in [0.25, 0.3) is 0 Å². The lowest BCUT2D eigenvalue weighted by molar-refractivity contribution is -0.115. The highest BCUT2D eigenvalue weighted by Gasteiger charge is 2.16. The molecule has 0 atom stereocenters. The number of aryl methyl sites for hydroxylation is 1. The number of oxazole rings is 1. The maximum absolute atomic E-state index is 12.4. The molecule has 4 aromatic rings. The molecule has 140 valence electrons. The molecule has 0 radical (unpaired) electrons. The normalized spacial score (nSPS) is 10.8. The summed E-state index contributed by atoms with van der Waals surface area (Å²) < 4.78 is 5.71. The van der Waals surface area contributed by atoms with Crippen molar-refractivity contribution in [2.24, 2.45) is 0 Å². The second-order valence-electron chi connectivity index (χ2n) is 6.28. The van der Waals surface area contributed by atoms with Gasteiger partial charge in [0.15, 0.2) is 0 Å². The van der Waals surface area contributed by atoms with Gasteiger partial charge in [-0.2, -0.15) is 0 Å². The molecular formula is C21H18N4O2S. The lowest BCUT2D eigenvalue weighted by Crippen LogP contribution is -2.15. The Kier molecular flexibility index (Phi) is 5.25. The number of hydrogen-bond donors (Lipinski definition) is 1. The van der Waals surface area contributed by atoms with Crippen LogP contribution in [-0.4, -0.2) is 21.1 Å². The number of hydrogen-bond acceptors (Lipinski definition) is 6. The highest BCUT2D eigenvalue weighted by molar-refractivity contribution is 7.15. The molecule has 1 N–H and O–H groups in total. The number of nitrogens with zero attached hydrogens (tertiary/aromatic N) is 3. The number of anilines is 1. The van der Waals surface area contributed by atoms with E-state index in [9.17, 15) is 4.79 Å². The second-order valence-corrected chi connectivity index (χ2v) is 7.34. The summed E-state index contributed by atoms with van der Waals surface area (Å²) >= 11 is 1.37. The van der Waals surface area contributed by atoms with Crippen molar-refractivity contribution in [3.63, 3.8) is 0 Å². The van der Waals surface area contributed by atoms with Gasteiger partial charge in [0, 0.05) is 12.0 Å². The number of rotatable bonds is 6. The topological polar surface area (TPSA) is 80.9 Å². The van der Waals surface area contributed by atoms with E-state index in [1.54, 1.807) is 0 Å². The van der Waals surface area contributed by atoms with Gasteiger partial charge in [0.1, 0.15) is 10.8 Å². The van der Waals surface area contributed by atoms with Crippen LogP contribution in [0, 0.1) is 6.92 Å². The molecule has 6 nitrogen and oxygen atoms in total. The van der Waals surface area contributed by atoms with Gasteiger partial charge in [-0.25, -0.2) is 4.98 Å². The van der Waals surface area contributed by atoms with Gasteiger partial charge in [0.05, 0.1) is 12.1 Å². The van der Waals surface area contributed by atoms with Gasteiger partial charge in [-0.3, -0.25) is 4.79 Å². The van der Waals surface area contributed by atoms with E-state index in [0.29, 0.717) is 28.9 Å². The Bertz CT molecular complexity index is 1070. The SMILES string of the molecule is Cc1oc(-c2ccccc2)nc1CC(=O)Nc1nnc(Cc2ccccc2)s1. The molecule has 0 bridgehead atoms. The molecule has 0 spiro atoms. The first-order valence-corrected chi connectivity index (χ1v) is 9.67. The maximum Gasteiger partial charge on any atom is 0.232 e. The van der Waals surface area contributed by atoms with Gasteiger partial charge in [0.2, 0.25) is 16.9 Å². The van der Waals surface area contributed by atoms with E-state index < -0.39 is 0 Å². The summed E-state index contributed by atoms with van der Waals surface area (Å²) in [7, 11) is 0. The third-order valence-corrected chi connectivity index (χ3v) is 4.99. The first-order valence-electron chi connectivity index (χ1n) is 8.85. The zero-order valence-corrected chi connectivity index (χ0v) is 16.1. The smallest absolute Gasteiger partial charge is 0.232 e. The molecule has 4 rings (SSSR count). The zero-order valence-electron chi connectivity index (χ0n) is 15.3. The Hall–Kier alpha value is -3.32. The number of amides is 1. The predicted octanol–water partition coefficient (Wildman–Crippen LogP) is 4.27. The highest BCUT2D eigenvalue weighted by Crippen LogP contribution is 2.22. The van der Waals surface area contributed by atoms with Crippen LogP contribution in [0.4, 0.5) is 5.13 Å². The monoisotopic (exact) mass is 390 g/mol. The van der Waals surface area contributed by atoms with Crippen LogP contribution in [-0.2, 0) is 17.6 Å². The fourth-order valence-corrected chi connectivity index (χ4v) is 3.55. The van der Waals surface area contributed by atoms with Crippen LogP contribution in [0.15, 0.2) is 65.1 Å². The summed E-state index contributed by atoms with van der Waals surface area (Å²) in [6.07, 6.45) is 0.812. The number of benzene rings is 2. The van der Waals surface area contributed by atoms with E-state index in [2.05, 4.69) is 20.5 Å². The average Bonchev–Trinajstić information content (AvgIpc) is 3.30. The minimum Gasteiger partial charge on any atom is -0.441 e. The van der Waals surface area contributed by atoms with Crippen molar-refractivity contribution in [3.05, 3.63) is 82.7 Å². The van der Waals surface area contributed by atoms with E-state index in [-0.39, 0.29) is 12.3 Å². The minimum absolute atomic E-state index is 0.121. The summed E-state index contributed by atoms with van der Waals surface area (Å²) in [6.45, 7) is 1.81. The van der Waals surface area contributed by atoms with Crippen LogP contribution in [0.25, 0.3) is 11.5 Å². The lowest BCUT2D eigenvalue weighted by atomic mass is 10.2. The standard InChI is InChI=1S/C21H18N4O2S/c1-14-17(22-20(27-14)16-10-6-3-7-11-16)13-18(26)23-21-25-24-19(28-21)12-15-8-4-2-5-9-15/h2-11H,12-13H2,1H3,(H,23,25,26). The molecule has 0 fully saturated rings. The Morgan fingerprint density at radius 3 is 2.50 bits per heavy atom. The van der Waals surface area contributed by atoms with Crippen molar-refractivity contribution in [3.8, 4) is 11.5 Å². The predicted molar refractivity (Wildman–Crippen MR) is 108 cm³/mol. The maximum atomic E-state index is 12.4. The fraction of sp³-hybridized carbons (Fsp3) is 0.143. The van der Waals surface area contributed by atoms with Crippen molar-refractivity contribution in [1.82, 2.24) is 15.2 Å². The van der Waals surface area contributed by atoms with Crippen molar-refractivity contribution in [2.75, 3.05) is 5.32 Å². The highest BCUT2D eigenvalue weighted by atomic mass is 32.1. The molecule has 28 heavy (non-hydrogen) atoms. The molecule has 0 saturated heterocycles. The van der Waals surface area contributed by atoms with Crippen LogP contribution in [0.1, 0.15) is 22.0 Å². The summed E-state index contributed by atoms with van der Waals surface area (Å²) in [5, 5.41) is 12.4. The molecule has 0 saturated carbocycles. The van der Waals surface area contributed by atoms with Crippen molar-refractivity contribution >= 4 is 22.4 Å². The van der Waals surface area contributed by atoms with Crippen LogP contribution in [0.5, 0.6) is 0 Å². The van der Waals surface area contributed by atoms with Crippen molar-refractivity contribution in [1.29, 1.82) is 0 Å². The van der Waals surface area contributed by atoms with Gasteiger partial charge < -0.3 is 9.73 Å². The van der Waals surface area contributed by atoms with Gasteiger partial charge in [-0.1, -0.05) is 59.9 Å². The quantitative estimate of drug-likeness (QED) is 0.532. The third-order valence-electron chi connectivity index (χ3n) is 4.15. The molecule has 2 aromatic heterocycles. The van der Waals surface area contributed by atoms with Gasteiger partial charge in [-0.05, 0) is 24.6 Å². The fourth-order valence-electron chi connectivity index (χ4n) is 2.76. The van der Waals surface area contributed by atoms with Gasteiger partial charge >= 0.3 is 0 Å². The van der Waals surface area contributed by atoms with Crippen molar-refractivity contribution < 1.29 is 9.21 Å². The molecule has 0 aliphatic rings. The zero-order chi connectivity index (χ0) is 19.3.